The minimum absolute atomic E-state index is 0.0192. The second-order valence-corrected chi connectivity index (χ2v) is 4.45. The van der Waals surface area contributed by atoms with Gasteiger partial charge in [-0.2, -0.15) is 12.6 Å². The summed E-state index contributed by atoms with van der Waals surface area (Å²) in [5.74, 6) is 0. The van der Waals surface area contributed by atoms with Crippen LogP contribution in [-0.4, -0.2) is 0 Å². The maximum Gasteiger partial charge on any atom is 0.0390 e. The first-order valence-electron chi connectivity index (χ1n) is 4.18. The van der Waals surface area contributed by atoms with Gasteiger partial charge in [0.15, 0.2) is 0 Å². The van der Waals surface area contributed by atoms with E-state index < -0.39 is 0 Å². The van der Waals surface area contributed by atoms with Crippen molar-refractivity contribution in [2.24, 2.45) is 0 Å². The highest BCUT2D eigenvalue weighted by atomic mass is 32.1. The number of hydrogen-bond acceptors (Lipinski definition) is 1. The number of benzene rings is 1. The van der Waals surface area contributed by atoms with Gasteiger partial charge in [0, 0.05) is 4.75 Å². The van der Waals surface area contributed by atoms with Crippen molar-refractivity contribution >= 4 is 18.7 Å². The van der Waals surface area contributed by atoms with Crippen molar-refractivity contribution in [2.45, 2.75) is 18.1 Å². The fourth-order valence-corrected chi connectivity index (χ4v) is 1.97. The standard InChI is InChI=1S/C11H12S/c1-11(12)8-4-6-9-5-2-3-7-10(9)11/h2-7,12H,8H2,1H3. The molecule has 1 atom stereocenters. The van der Waals surface area contributed by atoms with Gasteiger partial charge < -0.3 is 0 Å². The molecule has 1 aliphatic carbocycles. The first-order chi connectivity index (χ1) is 5.70. The Balaban J connectivity index is 2.60. The number of thiol groups is 1. The molecule has 1 heteroatoms. The summed E-state index contributed by atoms with van der Waals surface area (Å²) in [6.07, 6.45) is 5.38. The molecule has 0 heterocycles. The van der Waals surface area contributed by atoms with Crippen molar-refractivity contribution in [3.63, 3.8) is 0 Å². The van der Waals surface area contributed by atoms with Crippen molar-refractivity contribution in [3.05, 3.63) is 41.5 Å². The molecule has 0 aromatic heterocycles. The van der Waals surface area contributed by atoms with E-state index in [1.807, 2.05) is 0 Å². The monoisotopic (exact) mass is 176 g/mol. The molecule has 0 amide bonds. The van der Waals surface area contributed by atoms with Gasteiger partial charge in [0.25, 0.3) is 0 Å². The van der Waals surface area contributed by atoms with Crippen molar-refractivity contribution < 1.29 is 0 Å². The van der Waals surface area contributed by atoms with E-state index in [0.29, 0.717) is 0 Å². The predicted octanol–water partition coefficient (Wildman–Crippen LogP) is 3.25. The average Bonchev–Trinajstić information content (AvgIpc) is 2.04. The van der Waals surface area contributed by atoms with Crippen LogP contribution in [0.1, 0.15) is 24.5 Å². The molecule has 0 nitrogen and oxygen atoms in total. The Labute approximate surface area is 78.7 Å². The first kappa shape index (κ1) is 7.93. The third-order valence-electron chi connectivity index (χ3n) is 2.35. The highest BCUT2D eigenvalue weighted by Gasteiger charge is 2.24. The van der Waals surface area contributed by atoms with Gasteiger partial charge in [-0.15, -0.1) is 0 Å². The van der Waals surface area contributed by atoms with E-state index in [1.54, 1.807) is 0 Å². The molecule has 0 aliphatic heterocycles. The summed E-state index contributed by atoms with van der Waals surface area (Å²) in [4.78, 5) is 0. The van der Waals surface area contributed by atoms with E-state index in [9.17, 15) is 0 Å². The van der Waals surface area contributed by atoms with E-state index in [1.165, 1.54) is 11.1 Å². The second-order valence-electron chi connectivity index (χ2n) is 3.47. The SMILES string of the molecule is CC1(S)CC=Cc2ccccc21. The quantitative estimate of drug-likeness (QED) is 0.576. The smallest absolute Gasteiger partial charge is 0.0390 e. The summed E-state index contributed by atoms with van der Waals surface area (Å²) in [5.41, 5.74) is 2.65. The maximum absolute atomic E-state index is 4.65. The second kappa shape index (κ2) is 2.67. The van der Waals surface area contributed by atoms with Crippen molar-refractivity contribution in [1.82, 2.24) is 0 Å². The lowest BCUT2D eigenvalue weighted by Gasteiger charge is -2.27. The lowest BCUT2D eigenvalue weighted by Crippen LogP contribution is -2.16. The summed E-state index contributed by atoms with van der Waals surface area (Å²) in [6, 6.07) is 8.44. The van der Waals surface area contributed by atoms with E-state index >= 15 is 0 Å². The molecule has 0 radical (unpaired) electrons. The summed E-state index contributed by atoms with van der Waals surface area (Å²) < 4.78 is 0.0192. The summed E-state index contributed by atoms with van der Waals surface area (Å²) in [6.45, 7) is 2.17. The van der Waals surface area contributed by atoms with Gasteiger partial charge in [-0.25, -0.2) is 0 Å². The van der Waals surface area contributed by atoms with Crippen LogP contribution in [0.2, 0.25) is 0 Å². The largest absolute Gasteiger partial charge is 0.168 e. The third-order valence-corrected chi connectivity index (χ3v) is 2.78. The first-order valence-corrected chi connectivity index (χ1v) is 4.63. The Morgan fingerprint density at radius 1 is 1.33 bits per heavy atom. The molecule has 62 valence electrons. The molecular weight excluding hydrogens is 164 g/mol. The Morgan fingerprint density at radius 2 is 2.08 bits per heavy atom. The molecule has 0 saturated heterocycles. The molecule has 2 rings (SSSR count). The molecular formula is C11H12S. The van der Waals surface area contributed by atoms with Crippen molar-refractivity contribution in [3.8, 4) is 0 Å². The molecule has 1 aromatic carbocycles. The van der Waals surface area contributed by atoms with Crippen LogP contribution in [0, 0.1) is 0 Å². The molecule has 1 aromatic rings. The summed E-state index contributed by atoms with van der Waals surface area (Å²) >= 11 is 4.65. The van der Waals surface area contributed by atoms with Gasteiger partial charge in [0.05, 0.1) is 0 Å². The van der Waals surface area contributed by atoms with Gasteiger partial charge in [-0.05, 0) is 24.5 Å². The highest BCUT2D eigenvalue weighted by Crippen LogP contribution is 2.37. The molecule has 0 N–H and O–H groups in total. The van der Waals surface area contributed by atoms with Crippen LogP contribution in [0.5, 0.6) is 0 Å². The van der Waals surface area contributed by atoms with Crippen molar-refractivity contribution in [1.29, 1.82) is 0 Å². The minimum Gasteiger partial charge on any atom is -0.168 e. The predicted molar refractivity (Wildman–Crippen MR) is 56.4 cm³/mol. The fraction of sp³-hybridized carbons (Fsp3) is 0.273. The third kappa shape index (κ3) is 1.18. The normalized spacial score (nSPS) is 26.8. The minimum atomic E-state index is 0.0192. The molecule has 0 saturated carbocycles. The van der Waals surface area contributed by atoms with Crippen LogP contribution in [0.25, 0.3) is 6.08 Å². The van der Waals surface area contributed by atoms with Crippen LogP contribution in [0.3, 0.4) is 0 Å². The lowest BCUT2D eigenvalue weighted by atomic mass is 9.88. The van der Waals surface area contributed by atoms with Gasteiger partial charge in [-0.3, -0.25) is 0 Å². The van der Waals surface area contributed by atoms with E-state index in [0.717, 1.165) is 6.42 Å². The van der Waals surface area contributed by atoms with Crippen LogP contribution < -0.4 is 0 Å². The molecule has 12 heavy (non-hydrogen) atoms. The fourth-order valence-electron chi connectivity index (χ4n) is 1.66. The highest BCUT2D eigenvalue weighted by molar-refractivity contribution is 7.81. The topological polar surface area (TPSA) is 0 Å². The molecule has 0 fully saturated rings. The van der Waals surface area contributed by atoms with Gasteiger partial charge in [0.1, 0.15) is 0 Å². The van der Waals surface area contributed by atoms with Crippen LogP contribution in [0.15, 0.2) is 30.3 Å². The van der Waals surface area contributed by atoms with E-state index in [4.69, 9.17) is 0 Å². The maximum atomic E-state index is 4.65. The van der Waals surface area contributed by atoms with Crippen LogP contribution in [-0.2, 0) is 4.75 Å². The van der Waals surface area contributed by atoms with Gasteiger partial charge in [0.2, 0.25) is 0 Å². The number of rotatable bonds is 0. The molecule has 1 unspecified atom stereocenters. The lowest BCUT2D eigenvalue weighted by molar-refractivity contribution is 0.705. The Bertz CT molecular complexity index is 324. The van der Waals surface area contributed by atoms with E-state index in [-0.39, 0.29) is 4.75 Å². The van der Waals surface area contributed by atoms with Gasteiger partial charge >= 0.3 is 0 Å². The zero-order chi connectivity index (χ0) is 8.60. The molecule has 0 bridgehead atoms. The number of hydrogen-bond donors (Lipinski definition) is 1. The average molecular weight is 176 g/mol. The Morgan fingerprint density at radius 3 is 2.83 bits per heavy atom. The zero-order valence-corrected chi connectivity index (χ0v) is 8.01. The Hall–Kier alpha value is -0.690. The zero-order valence-electron chi connectivity index (χ0n) is 7.12. The number of fused-ring (bicyclic) bond motifs is 1. The van der Waals surface area contributed by atoms with Gasteiger partial charge in [-0.1, -0.05) is 36.4 Å². The van der Waals surface area contributed by atoms with Crippen LogP contribution >= 0.6 is 12.6 Å². The number of allylic oxidation sites excluding steroid dienone is 1. The molecule has 0 spiro atoms. The van der Waals surface area contributed by atoms with Crippen molar-refractivity contribution in [2.75, 3.05) is 0 Å². The molecule has 1 aliphatic rings. The van der Waals surface area contributed by atoms with E-state index in [2.05, 4.69) is 56.0 Å². The summed E-state index contributed by atoms with van der Waals surface area (Å²) in [5, 5.41) is 0. The van der Waals surface area contributed by atoms with Crippen LogP contribution in [0.4, 0.5) is 0 Å². The summed E-state index contributed by atoms with van der Waals surface area (Å²) in [7, 11) is 0. The Kier molecular flexibility index (Phi) is 1.76.